The van der Waals surface area contributed by atoms with Crippen LogP contribution in [-0.4, -0.2) is 40.9 Å². The Morgan fingerprint density at radius 1 is 1.14 bits per heavy atom. The van der Waals surface area contributed by atoms with Crippen molar-refractivity contribution in [2.45, 2.75) is 78.0 Å². The smallest absolute Gasteiger partial charge is 0.330 e. The zero-order chi connectivity index (χ0) is 21.4. The molecule has 0 aromatic heterocycles. The van der Waals surface area contributed by atoms with Crippen LogP contribution in [0.1, 0.15) is 65.4 Å². The lowest BCUT2D eigenvalue weighted by Crippen LogP contribution is -2.51. The summed E-state index contributed by atoms with van der Waals surface area (Å²) in [4.78, 5) is 40.0. The van der Waals surface area contributed by atoms with E-state index in [0.717, 1.165) is 18.4 Å². The van der Waals surface area contributed by atoms with Gasteiger partial charge in [-0.15, -0.1) is 0 Å². The Hall–Kier alpha value is -2.37. The first kappa shape index (κ1) is 22.9. The summed E-state index contributed by atoms with van der Waals surface area (Å²) >= 11 is 0. The van der Waals surface area contributed by atoms with Crippen molar-refractivity contribution in [1.29, 1.82) is 0 Å². The quantitative estimate of drug-likeness (QED) is 0.585. The summed E-state index contributed by atoms with van der Waals surface area (Å²) in [6.07, 6.45) is 3.17. The van der Waals surface area contributed by atoms with Gasteiger partial charge in [0.2, 0.25) is 5.91 Å². The van der Waals surface area contributed by atoms with Crippen LogP contribution in [0.4, 0.5) is 0 Å². The molecular formula is C23H33NO5. The normalized spacial score (nSPS) is 16.4. The van der Waals surface area contributed by atoms with Gasteiger partial charge < -0.3 is 14.4 Å². The molecule has 2 rings (SSSR count). The molecule has 160 valence electrons. The number of esters is 2. The molecule has 1 aromatic rings. The van der Waals surface area contributed by atoms with Crippen molar-refractivity contribution in [3.63, 3.8) is 0 Å². The lowest BCUT2D eigenvalue weighted by atomic mass is 9.92. The van der Waals surface area contributed by atoms with Crippen molar-refractivity contribution < 1.29 is 23.9 Å². The van der Waals surface area contributed by atoms with Crippen LogP contribution in [0.15, 0.2) is 30.3 Å². The molecule has 1 aliphatic rings. The SMILES string of the molecule is CCCCC(C(=O)OC(C)(C)C)C(C(=O)OCc1ccccc1)N1CCCC1=O. The predicted octanol–water partition coefficient (Wildman–Crippen LogP) is 3.87. The highest BCUT2D eigenvalue weighted by Gasteiger charge is 2.44. The van der Waals surface area contributed by atoms with Gasteiger partial charge in [-0.25, -0.2) is 4.79 Å². The Balaban J connectivity index is 2.25. The van der Waals surface area contributed by atoms with Crippen LogP contribution >= 0.6 is 0 Å². The van der Waals surface area contributed by atoms with E-state index >= 15 is 0 Å². The summed E-state index contributed by atoms with van der Waals surface area (Å²) in [6.45, 7) is 7.97. The van der Waals surface area contributed by atoms with Crippen molar-refractivity contribution >= 4 is 17.8 Å². The average molecular weight is 404 g/mol. The fourth-order valence-electron chi connectivity index (χ4n) is 3.49. The third-order valence-corrected chi connectivity index (χ3v) is 4.87. The molecule has 0 N–H and O–H groups in total. The topological polar surface area (TPSA) is 72.9 Å². The van der Waals surface area contributed by atoms with E-state index in [-0.39, 0.29) is 12.5 Å². The zero-order valence-electron chi connectivity index (χ0n) is 18.0. The van der Waals surface area contributed by atoms with Gasteiger partial charge in [0, 0.05) is 13.0 Å². The molecule has 6 heteroatoms. The summed E-state index contributed by atoms with van der Waals surface area (Å²) in [7, 11) is 0. The van der Waals surface area contributed by atoms with E-state index in [1.807, 2.05) is 37.3 Å². The number of unbranched alkanes of at least 4 members (excludes halogenated alkanes) is 1. The number of hydrogen-bond acceptors (Lipinski definition) is 5. The molecule has 29 heavy (non-hydrogen) atoms. The monoisotopic (exact) mass is 403 g/mol. The second-order valence-electron chi connectivity index (χ2n) is 8.51. The lowest BCUT2D eigenvalue weighted by molar-refractivity contribution is -0.171. The van der Waals surface area contributed by atoms with E-state index in [2.05, 4.69) is 0 Å². The van der Waals surface area contributed by atoms with Crippen molar-refractivity contribution in [3.8, 4) is 0 Å². The molecular weight excluding hydrogens is 370 g/mol. The fourth-order valence-corrected chi connectivity index (χ4v) is 3.49. The Labute approximate surface area is 173 Å². The highest BCUT2D eigenvalue weighted by Crippen LogP contribution is 2.27. The van der Waals surface area contributed by atoms with Gasteiger partial charge in [0.25, 0.3) is 0 Å². The Morgan fingerprint density at radius 3 is 2.38 bits per heavy atom. The van der Waals surface area contributed by atoms with Gasteiger partial charge in [0.1, 0.15) is 18.2 Å². The highest BCUT2D eigenvalue weighted by molar-refractivity contribution is 5.90. The fraction of sp³-hybridized carbons (Fsp3) is 0.609. The molecule has 6 nitrogen and oxygen atoms in total. The number of carbonyl (C=O) groups is 3. The van der Waals surface area contributed by atoms with E-state index in [4.69, 9.17) is 9.47 Å². The standard InChI is InChI=1S/C23H33NO5/c1-5-6-13-18(21(26)29-23(2,3)4)20(24-15-10-14-19(24)25)22(27)28-16-17-11-8-7-9-12-17/h7-9,11-12,18,20H,5-6,10,13-16H2,1-4H3. The summed E-state index contributed by atoms with van der Waals surface area (Å²) < 4.78 is 11.2. The number of benzene rings is 1. The predicted molar refractivity (Wildman–Crippen MR) is 110 cm³/mol. The number of hydrogen-bond donors (Lipinski definition) is 0. The zero-order valence-corrected chi connectivity index (χ0v) is 18.0. The van der Waals surface area contributed by atoms with Crippen LogP contribution < -0.4 is 0 Å². The minimum Gasteiger partial charge on any atom is -0.460 e. The molecule has 1 aromatic carbocycles. The van der Waals surface area contributed by atoms with Gasteiger partial charge in [-0.2, -0.15) is 0 Å². The van der Waals surface area contributed by atoms with E-state index in [9.17, 15) is 14.4 Å². The number of likely N-dealkylation sites (tertiary alicyclic amines) is 1. The second kappa shape index (κ2) is 10.4. The molecule has 1 heterocycles. The van der Waals surface area contributed by atoms with Crippen molar-refractivity contribution in [2.75, 3.05) is 6.54 Å². The van der Waals surface area contributed by atoms with Crippen LogP contribution in [0.2, 0.25) is 0 Å². The first-order chi connectivity index (χ1) is 13.7. The number of nitrogens with zero attached hydrogens (tertiary/aromatic N) is 1. The van der Waals surface area contributed by atoms with E-state index < -0.39 is 29.5 Å². The van der Waals surface area contributed by atoms with E-state index in [1.165, 1.54) is 4.90 Å². The Morgan fingerprint density at radius 2 is 1.83 bits per heavy atom. The molecule has 0 radical (unpaired) electrons. The molecule has 0 bridgehead atoms. The summed E-state index contributed by atoms with van der Waals surface area (Å²) in [6, 6.07) is 8.41. The second-order valence-corrected chi connectivity index (χ2v) is 8.51. The molecule has 1 fully saturated rings. The van der Waals surface area contributed by atoms with Gasteiger partial charge in [-0.3, -0.25) is 9.59 Å². The molecule has 1 amide bonds. The number of rotatable bonds is 9. The maximum absolute atomic E-state index is 13.1. The molecule has 0 spiro atoms. The van der Waals surface area contributed by atoms with Crippen LogP contribution in [0, 0.1) is 5.92 Å². The van der Waals surface area contributed by atoms with Crippen molar-refractivity contribution in [2.24, 2.45) is 5.92 Å². The van der Waals surface area contributed by atoms with Crippen LogP contribution in [0.25, 0.3) is 0 Å². The third-order valence-electron chi connectivity index (χ3n) is 4.87. The third kappa shape index (κ3) is 6.87. The first-order valence-electron chi connectivity index (χ1n) is 10.5. The van der Waals surface area contributed by atoms with Crippen molar-refractivity contribution in [1.82, 2.24) is 4.90 Å². The minimum atomic E-state index is -0.949. The maximum Gasteiger partial charge on any atom is 0.330 e. The maximum atomic E-state index is 13.1. The van der Waals surface area contributed by atoms with Gasteiger partial charge in [-0.1, -0.05) is 50.1 Å². The van der Waals surface area contributed by atoms with Crippen molar-refractivity contribution in [3.05, 3.63) is 35.9 Å². The minimum absolute atomic E-state index is 0.104. The lowest BCUT2D eigenvalue weighted by Gasteiger charge is -2.33. The van der Waals surface area contributed by atoms with Gasteiger partial charge in [0.15, 0.2) is 0 Å². The van der Waals surface area contributed by atoms with Crippen LogP contribution in [-0.2, 0) is 30.5 Å². The number of ether oxygens (including phenoxy) is 2. The van der Waals surface area contributed by atoms with E-state index in [1.54, 1.807) is 20.8 Å². The molecule has 1 aliphatic heterocycles. The first-order valence-corrected chi connectivity index (χ1v) is 10.5. The van der Waals surface area contributed by atoms with Gasteiger partial charge >= 0.3 is 11.9 Å². The number of amides is 1. The van der Waals surface area contributed by atoms with Crippen LogP contribution in [0.5, 0.6) is 0 Å². The highest BCUT2D eigenvalue weighted by atomic mass is 16.6. The molecule has 0 saturated carbocycles. The largest absolute Gasteiger partial charge is 0.460 e. The summed E-state index contributed by atoms with van der Waals surface area (Å²) in [5, 5.41) is 0. The Bertz CT molecular complexity index is 695. The molecule has 1 saturated heterocycles. The molecule has 0 aliphatic carbocycles. The summed E-state index contributed by atoms with van der Waals surface area (Å²) in [5.74, 6) is -1.85. The van der Waals surface area contributed by atoms with E-state index in [0.29, 0.717) is 25.8 Å². The van der Waals surface area contributed by atoms with Gasteiger partial charge in [0.05, 0.1) is 5.92 Å². The van der Waals surface area contributed by atoms with Gasteiger partial charge in [-0.05, 0) is 39.2 Å². The molecule has 2 atom stereocenters. The average Bonchev–Trinajstić information content (AvgIpc) is 3.08. The summed E-state index contributed by atoms with van der Waals surface area (Å²) in [5.41, 5.74) is 0.185. The molecule has 2 unspecified atom stereocenters. The Kier molecular flexibility index (Phi) is 8.23. The number of carbonyl (C=O) groups excluding carboxylic acids is 3. The van der Waals surface area contributed by atoms with Crippen LogP contribution in [0.3, 0.4) is 0 Å².